The standard InChI is InChI=1S/C16H13FN2/c1-11-16(10-12-5-4-6-13(17)9-12)19-15-8-3-2-7-14(15)18-11/h2-9H,10H2,1H3. The lowest BCUT2D eigenvalue weighted by molar-refractivity contribution is 0.626. The Balaban J connectivity index is 2.03. The normalized spacial score (nSPS) is 10.8. The molecule has 0 bridgehead atoms. The first-order chi connectivity index (χ1) is 9.22. The highest BCUT2D eigenvalue weighted by Crippen LogP contribution is 2.16. The number of aromatic nitrogens is 2. The summed E-state index contributed by atoms with van der Waals surface area (Å²) in [4.78, 5) is 9.15. The Morgan fingerprint density at radius 3 is 2.42 bits per heavy atom. The lowest BCUT2D eigenvalue weighted by atomic mass is 10.1. The van der Waals surface area contributed by atoms with Crippen molar-refractivity contribution in [2.75, 3.05) is 0 Å². The minimum absolute atomic E-state index is 0.219. The van der Waals surface area contributed by atoms with E-state index < -0.39 is 0 Å². The van der Waals surface area contributed by atoms with Gasteiger partial charge in [0.25, 0.3) is 0 Å². The third-order valence-corrected chi connectivity index (χ3v) is 3.10. The fourth-order valence-corrected chi connectivity index (χ4v) is 2.13. The van der Waals surface area contributed by atoms with Crippen molar-refractivity contribution in [3.8, 4) is 0 Å². The van der Waals surface area contributed by atoms with Crippen molar-refractivity contribution >= 4 is 11.0 Å². The van der Waals surface area contributed by atoms with Crippen molar-refractivity contribution in [2.45, 2.75) is 13.3 Å². The maximum Gasteiger partial charge on any atom is 0.123 e. The summed E-state index contributed by atoms with van der Waals surface area (Å²) in [6.07, 6.45) is 0.599. The highest BCUT2D eigenvalue weighted by atomic mass is 19.1. The van der Waals surface area contributed by atoms with Crippen LogP contribution in [0.5, 0.6) is 0 Å². The highest BCUT2D eigenvalue weighted by Gasteiger charge is 2.06. The van der Waals surface area contributed by atoms with Gasteiger partial charge in [0.15, 0.2) is 0 Å². The molecule has 2 nitrogen and oxygen atoms in total. The van der Waals surface area contributed by atoms with Gasteiger partial charge in [-0.1, -0.05) is 24.3 Å². The molecule has 0 radical (unpaired) electrons. The maximum atomic E-state index is 13.2. The van der Waals surface area contributed by atoms with Crippen LogP contribution in [0, 0.1) is 12.7 Å². The fraction of sp³-hybridized carbons (Fsp3) is 0.125. The number of para-hydroxylation sites is 2. The van der Waals surface area contributed by atoms with Crippen LogP contribution in [0.2, 0.25) is 0 Å². The molecule has 0 saturated carbocycles. The number of hydrogen-bond donors (Lipinski definition) is 0. The van der Waals surface area contributed by atoms with Crippen molar-refractivity contribution in [1.29, 1.82) is 0 Å². The highest BCUT2D eigenvalue weighted by molar-refractivity contribution is 5.74. The van der Waals surface area contributed by atoms with E-state index in [9.17, 15) is 4.39 Å². The monoisotopic (exact) mass is 252 g/mol. The summed E-state index contributed by atoms with van der Waals surface area (Å²) in [6.45, 7) is 1.94. The van der Waals surface area contributed by atoms with Gasteiger partial charge in [-0.15, -0.1) is 0 Å². The first-order valence-corrected chi connectivity index (χ1v) is 6.19. The van der Waals surface area contributed by atoms with Crippen molar-refractivity contribution in [3.63, 3.8) is 0 Å². The van der Waals surface area contributed by atoms with Crippen LogP contribution in [0.3, 0.4) is 0 Å². The SMILES string of the molecule is Cc1nc2ccccc2nc1Cc1cccc(F)c1. The van der Waals surface area contributed by atoms with E-state index in [2.05, 4.69) is 9.97 Å². The largest absolute Gasteiger partial charge is 0.250 e. The lowest BCUT2D eigenvalue weighted by Gasteiger charge is -2.06. The molecule has 0 N–H and O–H groups in total. The molecule has 19 heavy (non-hydrogen) atoms. The molecule has 3 aromatic rings. The number of halogens is 1. The van der Waals surface area contributed by atoms with Gasteiger partial charge >= 0.3 is 0 Å². The van der Waals surface area contributed by atoms with Crippen LogP contribution < -0.4 is 0 Å². The number of fused-ring (bicyclic) bond motifs is 1. The van der Waals surface area contributed by atoms with Crippen LogP contribution in [0.15, 0.2) is 48.5 Å². The molecule has 0 fully saturated rings. The maximum absolute atomic E-state index is 13.2. The zero-order valence-electron chi connectivity index (χ0n) is 10.6. The van der Waals surface area contributed by atoms with Crippen molar-refractivity contribution < 1.29 is 4.39 Å². The average molecular weight is 252 g/mol. The Morgan fingerprint density at radius 1 is 0.947 bits per heavy atom. The summed E-state index contributed by atoms with van der Waals surface area (Å²) >= 11 is 0. The van der Waals surface area contributed by atoms with Crippen LogP contribution in [0.4, 0.5) is 4.39 Å². The molecule has 0 aliphatic heterocycles. The lowest BCUT2D eigenvalue weighted by Crippen LogP contribution is -2.00. The summed E-state index contributed by atoms with van der Waals surface area (Å²) < 4.78 is 13.2. The van der Waals surface area contributed by atoms with E-state index in [1.807, 2.05) is 37.3 Å². The summed E-state index contributed by atoms with van der Waals surface area (Å²) in [5.74, 6) is -0.219. The Labute approximate surface area is 111 Å². The Morgan fingerprint density at radius 2 is 1.68 bits per heavy atom. The predicted molar refractivity (Wildman–Crippen MR) is 73.5 cm³/mol. The Kier molecular flexibility index (Phi) is 2.95. The number of aryl methyl sites for hydroxylation is 1. The molecular weight excluding hydrogens is 239 g/mol. The summed E-state index contributed by atoms with van der Waals surface area (Å²) in [5, 5.41) is 0. The summed E-state index contributed by atoms with van der Waals surface area (Å²) in [7, 11) is 0. The molecule has 2 aromatic carbocycles. The molecule has 3 heteroatoms. The second kappa shape index (κ2) is 4.76. The van der Waals surface area contributed by atoms with Gasteiger partial charge < -0.3 is 0 Å². The van der Waals surface area contributed by atoms with Crippen molar-refractivity contribution in [3.05, 3.63) is 71.3 Å². The molecule has 0 atom stereocenters. The van der Waals surface area contributed by atoms with E-state index in [4.69, 9.17) is 0 Å². The number of benzene rings is 2. The predicted octanol–water partition coefficient (Wildman–Crippen LogP) is 3.67. The van der Waals surface area contributed by atoms with Gasteiger partial charge in [0, 0.05) is 6.42 Å². The average Bonchev–Trinajstić information content (AvgIpc) is 2.40. The van der Waals surface area contributed by atoms with E-state index in [0.29, 0.717) is 6.42 Å². The van der Waals surface area contributed by atoms with Gasteiger partial charge in [-0.25, -0.2) is 14.4 Å². The van der Waals surface area contributed by atoms with Crippen LogP contribution in [-0.2, 0) is 6.42 Å². The van der Waals surface area contributed by atoms with Gasteiger partial charge in [-0.2, -0.15) is 0 Å². The molecule has 94 valence electrons. The fourth-order valence-electron chi connectivity index (χ4n) is 2.13. The number of rotatable bonds is 2. The molecule has 0 spiro atoms. The van der Waals surface area contributed by atoms with Crippen LogP contribution in [0.25, 0.3) is 11.0 Å². The van der Waals surface area contributed by atoms with Gasteiger partial charge in [0.2, 0.25) is 0 Å². The Bertz CT molecular complexity index is 738. The molecule has 0 saturated heterocycles. The van der Waals surface area contributed by atoms with Gasteiger partial charge in [0.05, 0.1) is 22.4 Å². The minimum atomic E-state index is -0.219. The Hall–Kier alpha value is -2.29. The van der Waals surface area contributed by atoms with Gasteiger partial charge in [-0.3, -0.25) is 0 Å². The molecular formula is C16H13FN2. The van der Waals surface area contributed by atoms with Crippen molar-refractivity contribution in [1.82, 2.24) is 9.97 Å². The van der Waals surface area contributed by atoms with E-state index in [0.717, 1.165) is 28.0 Å². The van der Waals surface area contributed by atoms with Gasteiger partial charge in [0.1, 0.15) is 5.82 Å². The third kappa shape index (κ3) is 2.45. The van der Waals surface area contributed by atoms with E-state index in [-0.39, 0.29) is 5.82 Å². The minimum Gasteiger partial charge on any atom is -0.250 e. The zero-order chi connectivity index (χ0) is 13.2. The first kappa shape index (κ1) is 11.8. The second-order valence-electron chi connectivity index (χ2n) is 4.55. The molecule has 1 aromatic heterocycles. The van der Waals surface area contributed by atoms with Crippen LogP contribution in [-0.4, -0.2) is 9.97 Å². The van der Waals surface area contributed by atoms with Gasteiger partial charge in [-0.05, 0) is 36.8 Å². The van der Waals surface area contributed by atoms with E-state index in [1.54, 1.807) is 6.07 Å². The summed E-state index contributed by atoms with van der Waals surface area (Å²) in [5.41, 5.74) is 4.46. The second-order valence-corrected chi connectivity index (χ2v) is 4.55. The molecule has 0 aliphatic carbocycles. The number of nitrogens with zero attached hydrogens (tertiary/aromatic N) is 2. The van der Waals surface area contributed by atoms with E-state index in [1.165, 1.54) is 12.1 Å². The molecule has 3 rings (SSSR count). The molecule has 0 aliphatic rings. The quantitative estimate of drug-likeness (QED) is 0.695. The number of hydrogen-bond acceptors (Lipinski definition) is 2. The summed E-state index contributed by atoms with van der Waals surface area (Å²) in [6, 6.07) is 14.4. The first-order valence-electron chi connectivity index (χ1n) is 6.19. The molecule has 0 unspecified atom stereocenters. The topological polar surface area (TPSA) is 25.8 Å². The molecule has 0 amide bonds. The van der Waals surface area contributed by atoms with Crippen LogP contribution >= 0.6 is 0 Å². The third-order valence-electron chi connectivity index (χ3n) is 3.10. The van der Waals surface area contributed by atoms with E-state index >= 15 is 0 Å². The van der Waals surface area contributed by atoms with Crippen LogP contribution in [0.1, 0.15) is 17.0 Å². The smallest absolute Gasteiger partial charge is 0.123 e. The van der Waals surface area contributed by atoms with Crippen molar-refractivity contribution in [2.24, 2.45) is 0 Å². The zero-order valence-corrected chi connectivity index (χ0v) is 10.6. The molecule has 1 heterocycles.